The summed E-state index contributed by atoms with van der Waals surface area (Å²) < 4.78 is 5.10. The third-order valence-corrected chi connectivity index (χ3v) is 2.03. The number of carbonyl (C=O) groups excluding carboxylic acids is 1. The van der Waals surface area contributed by atoms with E-state index < -0.39 is 11.7 Å². The molecule has 0 aliphatic rings. The first-order valence-electron chi connectivity index (χ1n) is 6.36. The lowest BCUT2D eigenvalue weighted by Gasteiger charge is -2.19. The summed E-state index contributed by atoms with van der Waals surface area (Å²) in [6.07, 6.45) is 3.40. The number of ether oxygens (including phenoxy) is 1. The Morgan fingerprint density at radius 1 is 1.35 bits per heavy atom. The van der Waals surface area contributed by atoms with Crippen molar-refractivity contribution in [2.75, 3.05) is 18.9 Å². The predicted molar refractivity (Wildman–Crippen MR) is 77.3 cm³/mol. The largest absolute Gasteiger partial charge is 0.444 e. The lowest BCUT2D eigenvalue weighted by molar-refractivity contribution is 0.0529. The lowest BCUT2D eigenvalue weighted by Crippen LogP contribution is -2.32. The summed E-state index contributed by atoms with van der Waals surface area (Å²) in [7, 11) is 1.75. The molecule has 0 atom stereocenters. The number of nitrogens with one attached hydrogen (secondary N) is 2. The second kappa shape index (κ2) is 7.34. The molecule has 1 heterocycles. The van der Waals surface area contributed by atoms with Crippen LogP contribution in [-0.2, 0) is 4.74 Å². The van der Waals surface area contributed by atoms with Gasteiger partial charge in [0.2, 0.25) is 5.95 Å². The Bertz CT molecular complexity index is 495. The van der Waals surface area contributed by atoms with Crippen LogP contribution in [0.1, 0.15) is 32.8 Å². The van der Waals surface area contributed by atoms with Crippen LogP contribution in [0.4, 0.5) is 10.7 Å². The summed E-state index contributed by atoms with van der Waals surface area (Å²) in [4.78, 5) is 19.5. The van der Waals surface area contributed by atoms with Gasteiger partial charge in [0.1, 0.15) is 5.60 Å². The van der Waals surface area contributed by atoms with Crippen molar-refractivity contribution in [3.05, 3.63) is 18.0 Å². The maximum atomic E-state index is 11.4. The Hall–Kier alpha value is -2.29. The van der Waals surface area contributed by atoms with Gasteiger partial charge >= 0.3 is 6.09 Å². The highest BCUT2D eigenvalue weighted by Gasteiger charge is 2.15. The molecule has 1 aromatic rings. The molecule has 0 radical (unpaired) electrons. The van der Waals surface area contributed by atoms with Gasteiger partial charge in [0, 0.05) is 32.4 Å². The fourth-order valence-electron chi connectivity index (χ4n) is 1.23. The number of hydrogen-bond donors (Lipinski definition) is 2. The van der Waals surface area contributed by atoms with Gasteiger partial charge in [-0.15, -0.1) is 0 Å². The van der Waals surface area contributed by atoms with Gasteiger partial charge in [-0.05, 0) is 20.8 Å². The molecule has 1 amide bonds. The third kappa shape index (κ3) is 6.59. The molecular weight excluding hydrogens is 256 g/mol. The van der Waals surface area contributed by atoms with E-state index >= 15 is 0 Å². The Labute approximate surface area is 119 Å². The van der Waals surface area contributed by atoms with E-state index in [1.54, 1.807) is 19.4 Å². The summed E-state index contributed by atoms with van der Waals surface area (Å²) in [6, 6.07) is 0. The predicted octanol–water partition coefficient (Wildman–Crippen LogP) is 1.78. The molecule has 0 saturated heterocycles. The zero-order valence-electron chi connectivity index (χ0n) is 12.3. The minimum atomic E-state index is -0.484. The molecular formula is C14H20N4O2. The number of amides is 1. The van der Waals surface area contributed by atoms with Crippen molar-refractivity contribution >= 4 is 12.0 Å². The van der Waals surface area contributed by atoms with Crippen LogP contribution in [0.15, 0.2) is 12.4 Å². The van der Waals surface area contributed by atoms with Gasteiger partial charge in [0.05, 0.1) is 5.56 Å². The van der Waals surface area contributed by atoms with Crippen LogP contribution in [0.3, 0.4) is 0 Å². The van der Waals surface area contributed by atoms with Gasteiger partial charge in [0.25, 0.3) is 0 Å². The Morgan fingerprint density at radius 2 is 2.00 bits per heavy atom. The molecule has 0 fully saturated rings. The van der Waals surface area contributed by atoms with Crippen molar-refractivity contribution < 1.29 is 9.53 Å². The molecule has 0 aliphatic heterocycles. The molecule has 1 rings (SSSR count). The average Bonchev–Trinajstić information content (AvgIpc) is 2.37. The zero-order valence-corrected chi connectivity index (χ0v) is 12.3. The number of rotatable bonds is 3. The molecule has 0 bridgehead atoms. The molecule has 6 heteroatoms. The summed E-state index contributed by atoms with van der Waals surface area (Å²) >= 11 is 0. The highest BCUT2D eigenvalue weighted by molar-refractivity contribution is 5.67. The van der Waals surface area contributed by atoms with E-state index in [2.05, 4.69) is 32.4 Å². The van der Waals surface area contributed by atoms with E-state index in [0.717, 1.165) is 5.56 Å². The van der Waals surface area contributed by atoms with Gasteiger partial charge in [-0.2, -0.15) is 0 Å². The molecule has 1 aromatic heterocycles. The van der Waals surface area contributed by atoms with Gasteiger partial charge in [-0.3, -0.25) is 0 Å². The van der Waals surface area contributed by atoms with Crippen molar-refractivity contribution in [3.8, 4) is 11.8 Å². The first-order valence-corrected chi connectivity index (χ1v) is 6.36. The van der Waals surface area contributed by atoms with E-state index in [1.165, 1.54) is 0 Å². The van der Waals surface area contributed by atoms with Gasteiger partial charge in [-0.25, -0.2) is 14.8 Å². The lowest BCUT2D eigenvalue weighted by atomic mass is 10.2. The highest BCUT2D eigenvalue weighted by Crippen LogP contribution is 2.06. The second-order valence-corrected chi connectivity index (χ2v) is 5.03. The average molecular weight is 276 g/mol. The summed E-state index contributed by atoms with van der Waals surface area (Å²) in [5.74, 6) is 6.42. The van der Waals surface area contributed by atoms with Crippen LogP contribution in [0.2, 0.25) is 0 Å². The Kier molecular flexibility index (Phi) is 5.78. The van der Waals surface area contributed by atoms with Crippen molar-refractivity contribution in [2.24, 2.45) is 0 Å². The van der Waals surface area contributed by atoms with Crippen LogP contribution in [0.5, 0.6) is 0 Å². The molecule has 20 heavy (non-hydrogen) atoms. The van der Waals surface area contributed by atoms with E-state index in [-0.39, 0.29) is 0 Å². The third-order valence-electron chi connectivity index (χ3n) is 2.03. The monoisotopic (exact) mass is 276 g/mol. The number of alkyl carbamates (subject to hydrolysis) is 1. The van der Waals surface area contributed by atoms with Crippen molar-refractivity contribution in [3.63, 3.8) is 0 Å². The Balaban J connectivity index is 2.30. The number of nitrogens with zero attached hydrogens (tertiary/aromatic N) is 2. The molecule has 0 aromatic carbocycles. The van der Waals surface area contributed by atoms with E-state index in [4.69, 9.17) is 4.74 Å². The topological polar surface area (TPSA) is 76.1 Å². The van der Waals surface area contributed by atoms with Crippen LogP contribution < -0.4 is 10.6 Å². The number of hydrogen-bond acceptors (Lipinski definition) is 5. The highest BCUT2D eigenvalue weighted by atomic mass is 16.6. The first-order chi connectivity index (χ1) is 9.40. The summed E-state index contributed by atoms with van der Waals surface area (Å²) in [5, 5.41) is 5.47. The smallest absolute Gasteiger partial charge is 0.407 e. The summed E-state index contributed by atoms with van der Waals surface area (Å²) in [5.41, 5.74) is 0.253. The van der Waals surface area contributed by atoms with Crippen LogP contribution >= 0.6 is 0 Å². The summed E-state index contributed by atoms with van der Waals surface area (Å²) in [6.45, 7) is 5.90. The molecule has 0 saturated carbocycles. The van der Waals surface area contributed by atoms with E-state index in [0.29, 0.717) is 18.9 Å². The van der Waals surface area contributed by atoms with Crippen molar-refractivity contribution in [2.45, 2.75) is 32.8 Å². The van der Waals surface area contributed by atoms with Crippen molar-refractivity contribution in [1.82, 2.24) is 15.3 Å². The molecule has 0 aliphatic carbocycles. The maximum Gasteiger partial charge on any atom is 0.407 e. The number of carbonyl (C=O) groups is 1. The standard InChI is InChI=1S/C14H20N4O2/c1-14(2,3)20-13(19)16-8-6-5-7-11-9-17-12(15-4)18-10-11/h9-10H,6,8H2,1-4H3,(H,16,19)(H,15,17,18). The molecule has 6 nitrogen and oxygen atoms in total. The van der Waals surface area contributed by atoms with Crippen LogP contribution in [0, 0.1) is 11.8 Å². The first kappa shape index (κ1) is 15.8. The second-order valence-electron chi connectivity index (χ2n) is 5.03. The SMILES string of the molecule is CNc1ncc(C#CCCNC(=O)OC(C)(C)C)cn1. The normalized spacial score (nSPS) is 10.2. The molecule has 0 unspecified atom stereocenters. The van der Waals surface area contributed by atoms with Gasteiger partial charge in [0.15, 0.2) is 0 Å². The minimum Gasteiger partial charge on any atom is -0.444 e. The van der Waals surface area contributed by atoms with Gasteiger partial charge in [-0.1, -0.05) is 11.8 Å². The minimum absolute atomic E-state index is 0.430. The van der Waals surface area contributed by atoms with E-state index in [9.17, 15) is 4.79 Å². The van der Waals surface area contributed by atoms with Crippen LogP contribution in [-0.4, -0.2) is 35.3 Å². The maximum absolute atomic E-state index is 11.4. The van der Waals surface area contributed by atoms with E-state index in [1.807, 2.05) is 20.8 Å². The Morgan fingerprint density at radius 3 is 2.55 bits per heavy atom. The van der Waals surface area contributed by atoms with Crippen LogP contribution in [0.25, 0.3) is 0 Å². The molecule has 2 N–H and O–H groups in total. The van der Waals surface area contributed by atoms with Gasteiger partial charge < -0.3 is 15.4 Å². The van der Waals surface area contributed by atoms with Crippen molar-refractivity contribution in [1.29, 1.82) is 0 Å². The quantitative estimate of drug-likeness (QED) is 0.650. The number of aromatic nitrogens is 2. The fraction of sp³-hybridized carbons (Fsp3) is 0.500. The molecule has 108 valence electrons. The number of anilines is 1. The fourth-order valence-corrected chi connectivity index (χ4v) is 1.23. The zero-order chi connectivity index (χ0) is 15.0. The molecule has 0 spiro atoms.